The molecule has 4 nitrogen and oxygen atoms in total. The van der Waals surface area contributed by atoms with Crippen molar-refractivity contribution in [3.8, 4) is 33.4 Å². The highest BCUT2D eigenvalue weighted by Gasteiger charge is 2.36. The minimum Gasteiger partial charge on any atom is -0.454 e. The number of hydrogen-bond acceptors (Lipinski definition) is 4. The van der Waals surface area contributed by atoms with E-state index in [4.69, 9.17) is 8.83 Å². The lowest BCUT2D eigenvalue weighted by Crippen LogP contribution is -2.15. The van der Waals surface area contributed by atoms with Gasteiger partial charge in [0.15, 0.2) is 11.2 Å². The molecule has 4 aromatic heterocycles. The predicted octanol–water partition coefficient (Wildman–Crippen LogP) is 9.92. The van der Waals surface area contributed by atoms with Crippen LogP contribution in [0.5, 0.6) is 0 Å². The predicted molar refractivity (Wildman–Crippen MR) is 165 cm³/mol. The van der Waals surface area contributed by atoms with Gasteiger partial charge in [0.1, 0.15) is 22.2 Å². The van der Waals surface area contributed by atoms with Crippen LogP contribution in [0.3, 0.4) is 0 Å². The van der Waals surface area contributed by atoms with Gasteiger partial charge in [-0.25, -0.2) is 0 Å². The molecule has 0 aliphatic heterocycles. The van der Waals surface area contributed by atoms with E-state index in [0.29, 0.717) is 0 Å². The molecule has 0 atom stereocenters. The molecule has 0 fully saturated rings. The fraction of sp³-hybridized carbons (Fsp3) is 0.0811. The lowest BCUT2D eigenvalue weighted by molar-refractivity contribution is 0.660. The molecule has 4 aromatic carbocycles. The maximum absolute atomic E-state index is 6.32. The van der Waals surface area contributed by atoms with Crippen LogP contribution in [0.1, 0.15) is 25.0 Å². The average Bonchev–Trinajstić information content (AvgIpc) is 3.65. The van der Waals surface area contributed by atoms with E-state index >= 15 is 0 Å². The molecule has 1 aliphatic rings. The van der Waals surface area contributed by atoms with Gasteiger partial charge in [0.2, 0.25) is 0 Å². The quantitative estimate of drug-likeness (QED) is 0.224. The molecule has 9 rings (SSSR count). The molecule has 0 saturated carbocycles. The minimum absolute atomic E-state index is 0.184. The van der Waals surface area contributed by atoms with Crippen LogP contribution in [0.15, 0.2) is 118 Å². The zero-order valence-electron chi connectivity index (χ0n) is 22.6. The number of furan rings is 2. The molecule has 4 heteroatoms. The first-order chi connectivity index (χ1) is 20.1. The molecule has 0 unspecified atom stereocenters. The Morgan fingerprint density at radius 2 is 0.976 bits per heavy atom. The van der Waals surface area contributed by atoms with E-state index in [1.54, 1.807) is 0 Å². The van der Waals surface area contributed by atoms with Crippen molar-refractivity contribution in [2.45, 2.75) is 19.3 Å². The molecule has 41 heavy (non-hydrogen) atoms. The third-order valence-corrected chi connectivity index (χ3v) is 8.82. The number of para-hydroxylation sites is 2. The first-order valence-corrected chi connectivity index (χ1v) is 13.9. The van der Waals surface area contributed by atoms with Gasteiger partial charge in [-0.3, -0.25) is 9.97 Å². The number of hydrogen-bond donors (Lipinski definition) is 0. The molecule has 0 amide bonds. The van der Waals surface area contributed by atoms with Crippen molar-refractivity contribution in [3.05, 3.63) is 121 Å². The van der Waals surface area contributed by atoms with E-state index in [9.17, 15) is 0 Å². The Balaban J connectivity index is 1.19. The largest absolute Gasteiger partial charge is 0.454 e. The molecular formula is C37H24N2O2. The molecule has 0 bridgehead atoms. The Hall–Kier alpha value is -5.22. The zero-order chi connectivity index (χ0) is 27.3. The maximum Gasteiger partial charge on any atom is 0.161 e. The van der Waals surface area contributed by atoms with Gasteiger partial charge in [0.05, 0.1) is 0 Å². The smallest absolute Gasteiger partial charge is 0.161 e. The second-order valence-electron chi connectivity index (χ2n) is 11.4. The second kappa shape index (κ2) is 7.92. The van der Waals surface area contributed by atoms with Gasteiger partial charge in [-0.15, -0.1) is 0 Å². The third kappa shape index (κ3) is 3.05. The fourth-order valence-corrected chi connectivity index (χ4v) is 6.74. The molecule has 1 aliphatic carbocycles. The van der Waals surface area contributed by atoms with Gasteiger partial charge in [0.25, 0.3) is 0 Å². The van der Waals surface area contributed by atoms with Crippen LogP contribution < -0.4 is 0 Å². The summed E-state index contributed by atoms with van der Waals surface area (Å²) in [5, 5.41) is 2.08. The Kier molecular flexibility index (Phi) is 4.36. The molecular weight excluding hydrogens is 504 g/mol. The van der Waals surface area contributed by atoms with E-state index in [1.807, 2.05) is 48.8 Å². The summed E-state index contributed by atoms with van der Waals surface area (Å²) in [7, 11) is 0. The summed E-state index contributed by atoms with van der Waals surface area (Å²) in [6, 6.07) is 33.9. The summed E-state index contributed by atoms with van der Waals surface area (Å²) in [5.74, 6) is 0. The van der Waals surface area contributed by atoms with E-state index in [0.717, 1.165) is 66.4 Å². The van der Waals surface area contributed by atoms with E-state index in [1.165, 1.54) is 22.3 Å². The van der Waals surface area contributed by atoms with Crippen molar-refractivity contribution >= 4 is 44.1 Å². The maximum atomic E-state index is 6.32. The molecule has 0 spiro atoms. The lowest BCUT2D eigenvalue weighted by atomic mass is 9.81. The van der Waals surface area contributed by atoms with E-state index < -0.39 is 0 Å². The number of benzene rings is 4. The lowest BCUT2D eigenvalue weighted by Gasteiger charge is -2.22. The van der Waals surface area contributed by atoms with E-state index in [2.05, 4.69) is 84.5 Å². The van der Waals surface area contributed by atoms with Crippen LogP contribution in [-0.2, 0) is 5.41 Å². The molecule has 4 heterocycles. The van der Waals surface area contributed by atoms with Gasteiger partial charge in [-0.1, -0.05) is 62.4 Å². The Labute approximate surface area is 235 Å². The van der Waals surface area contributed by atoms with Crippen LogP contribution in [0.4, 0.5) is 0 Å². The molecule has 0 radical (unpaired) electrons. The summed E-state index contributed by atoms with van der Waals surface area (Å²) in [5.41, 5.74) is 14.6. The molecule has 0 N–H and O–H groups in total. The summed E-state index contributed by atoms with van der Waals surface area (Å²) in [6.07, 6.45) is 3.76. The highest BCUT2D eigenvalue weighted by Crippen LogP contribution is 2.51. The van der Waals surface area contributed by atoms with Crippen LogP contribution >= 0.6 is 0 Å². The van der Waals surface area contributed by atoms with Crippen molar-refractivity contribution in [1.82, 2.24) is 9.97 Å². The third-order valence-electron chi connectivity index (χ3n) is 8.82. The van der Waals surface area contributed by atoms with Crippen LogP contribution in [0, 0.1) is 0 Å². The van der Waals surface area contributed by atoms with Crippen molar-refractivity contribution in [3.63, 3.8) is 0 Å². The van der Waals surface area contributed by atoms with Crippen molar-refractivity contribution in [2.24, 2.45) is 0 Å². The van der Waals surface area contributed by atoms with Crippen LogP contribution in [0.25, 0.3) is 77.5 Å². The molecule has 194 valence electrons. The number of rotatable bonds is 2. The molecule has 0 saturated heterocycles. The SMILES string of the molecule is CC1(C)c2cc(-c3ccnc4c3oc3ccccc34)ccc2-c2ccc(-c3ccnc4c3oc3ccccc34)cc21. The van der Waals surface area contributed by atoms with Crippen molar-refractivity contribution in [2.75, 3.05) is 0 Å². The summed E-state index contributed by atoms with van der Waals surface area (Å²) >= 11 is 0. The Morgan fingerprint density at radius 1 is 0.512 bits per heavy atom. The highest BCUT2D eigenvalue weighted by molar-refractivity contribution is 6.08. The van der Waals surface area contributed by atoms with Crippen LogP contribution in [0.2, 0.25) is 0 Å². The van der Waals surface area contributed by atoms with Gasteiger partial charge in [-0.05, 0) is 81.9 Å². The van der Waals surface area contributed by atoms with Gasteiger partial charge in [0, 0.05) is 39.7 Å². The van der Waals surface area contributed by atoms with E-state index in [-0.39, 0.29) is 5.41 Å². The minimum atomic E-state index is -0.184. The Morgan fingerprint density at radius 3 is 1.46 bits per heavy atom. The van der Waals surface area contributed by atoms with Crippen molar-refractivity contribution < 1.29 is 8.83 Å². The van der Waals surface area contributed by atoms with Crippen LogP contribution in [-0.4, -0.2) is 9.97 Å². The number of aromatic nitrogens is 2. The zero-order valence-corrected chi connectivity index (χ0v) is 22.6. The first kappa shape index (κ1) is 22.6. The standard InChI is InChI=1S/C37H24N2O2/c1-37(2)29-19-21(23-15-17-38-33-27-7-3-5-9-31(27)40-35(23)33)11-13-25(29)26-14-12-22(20-30(26)37)24-16-18-39-34-28-8-4-6-10-32(28)41-36(24)34/h3-20H,1-2H3. The number of nitrogens with zero attached hydrogens (tertiary/aromatic N) is 2. The van der Waals surface area contributed by atoms with Gasteiger partial charge < -0.3 is 8.83 Å². The number of fused-ring (bicyclic) bond motifs is 9. The summed E-state index contributed by atoms with van der Waals surface area (Å²) in [4.78, 5) is 9.31. The first-order valence-electron chi connectivity index (χ1n) is 13.9. The summed E-state index contributed by atoms with van der Waals surface area (Å²) in [6.45, 7) is 4.63. The fourth-order valence-electron chi connectivity index (χ4n) is 6.74. The monoisotopic (exact) mass is 528 g/mol. The topological polar surface area (TPSA) is 52.1 Å². The van der Waals surface area contributed by atoms with Crippen molar-refractivity contribution in [1.29, 1.82) is 0 Å². The number of pyridine rings is 2. The highest BCUT2D eigenvalue weighted by atomic mass is 16.3. The second-order valence-corrected chi connectivity index (χ2v) is 11.4. The Bertz CT molecular complexity index is 2190. The normalized spacial score (nSPS) is 13.8. The van der Waals surface area contributed by atoms with Gasteiger partial charge >= 0.3 is 0 Å². The summed E-state index contributed by atoms with van der Waals surface area (Å²) < 4.78 is 12.6. The molecule has 8 aromatic rings. The average molecular weight is 529 g/mol. The van der Waals surface area contributed by atoms with Gasteiger partial charge in [-0.2, -0.15) is 0 Å².